The highest BCUT2D eigenvalue weighted by Crippen LogP contribution is 2.41. The number of nitrogens with one attached hydrogen (secondary N) is 4. The lowest BCUT2D eigenvalue weighted by molar-refractivity contribution is -0.221. The molecule has 1 rings (SSSR count). The average Bonchev–Trinajstić information content (AvgIpc) is 3.05. The summed E-state index contributed by atoms with van der Waals surface area (Å²) in [6.07, 6.45) is -14.8. The van der Waals surface area contributed by atoms with Crippen molar-refractivity contribution >= 4 is 35.9 Å². The molecule has 0 aromatic heterocycles. The van der Waals surface area contributed by atoms with Gasteiger partial charge in [-0.05, 0) is 44.9 Å². The first-order chi connectivity index (χ1) is 24.3. The van der Waals surface area contributed by atoms with Crippen molar-refractivity contribution in [3.05, 3.63) is 41.5 Å². The topological polar surface area (TPSA) is 197 Å². The Morgan fingerprint density at radius 3 is 1.77 bits per heavy atom. The van der Waals surface area contributed by atoms with Gasteiger partial charge < -0.3 is 36.3 Å². The Hall–Kier alpha value is -4.73. The number of halogens is 8. The number of nitrogens with zero attached hydrogens (tertiary/aromatic N) is 2. The summed E-state index contributed by atoms with van der Waals surface area (Å²) in [5, 5.41) is 17.4. The van der Waals surface area contributed by atoms with E-state index in [1.54, 1.807) is 5.32 Å². The van der Waals surface area contributed by atoms with E-state index in [1.165, 1.54) is 30.3 Å². The first kappa shape index (κ1) is 46.3. The van der Waals surface area contributed by atoms with Crippen molar-refractivity contribution < 1.29 is 68.9 Å². The number of benzene rings is 1. The number of alkyl carbamates (subject to hydrolysis) is 2. The highest BCUT2D eigenvalue weighted by atomic mass is 19.4. The number of amides is 4. The molecule has 3 atom stereocenters. The van der Waals surface area contributed by atoms with Crippen LogP contribution in [0.4, 0.5) is 44.7 Å². The molecule has 300 valence electrons. The number of carbonyl (C=O) groups excluding carboxylic acids is 4. The number of hydrazine groups is 1. The molecule has 0 saturated carbocycles. The van der Waals surface area contributed by atoms with Gasteiger partial charge in [-0.1, -0.05) is 24.3 Å². The Balaban J connectivity index is 3.41. The molecule has 0 bridgehead atoms. The summed E-state index contributed by atoms with van der Waals surface area (Å²) in [4.78, 5) is 53.4. The zero-order valence-electron chi connectivity index (χ0n) is 29.5. The van der Waals surface area contributed by atoms with Crippen LogP contribution in [0, 0.1) is 10.8 Å². The van der Waals surface area contributed by atoms with E-state index < -0.39 is 91.4 Å². The molecular weight excluding hydrogens is 734 g/mol. The van der Waals surface area contributed by atoms with Crippen LogP contribution in [0.1, 0.15) is 38.8 Å². The van der Waals surface area contributed by atoms with Crippen LogP contribution >= 0.6 is 0 Å². The standard InChI is InChI=1S/C31H43F8N7O7/c1-28(2,30(34,35)36)22(43-26(50)52-5)24(48)42-13-19(47)16-46(45-25(49)23(44-27(51)53-6)29(3,4)31(37,38)39)15-17-7-9-18(10-8-17)20(40)11-12-41-14-21(32)33/h7-12,19,21-23,47H,13-16,40H2,1-6H3,(H,42,48)(H,43,50)(H,44,51)(H,45,49)/t19-,22?,23-/m1/s1. The zero-order chi connectivity index (χ0) is 40.9. The number of aliphatic hydroxyl groups excluding tert-OH is 1. The number of hydrogen-bond acceptors (Lipinski definition) is 10. The van der Waals surface area contributed by atoms with Gasteiger partial charge in [0.15, 0.2) is 0 Å². The molecule has 1 aromatic rings. The van der Waals surface area contributed by atoms with Crippen LogP contribution in [0.15, 0.2) is 35.3 Å². The van der Waals surface area contributed by atoms with Gasteiger partial charge in [-0.15, -0.1) is 0 Å². The van der Waals surface area contributed by atoms with Gasteiger partial charge in [-0.3, -0.25) is 20.0 Å². The fourth-order valence-corrected chi connectivity index (χ4v) is 4.23. The number of ether oxygens (including phenoxy) is 2. The number of aliphatic hydroxyl groups is 1. The zero-order valence-corrected chi connectivity index (χ0v) is 29.5. The number of hydrogen-bond donors (Lipinski definition) is 6. The lowest BCUT2D eigenvalue weighted by Crippen LogP contribution is -2.62. The van der Waals surface area contributed by atoms with Crippen LogP contribution in [0.3, 0.4) is 0 Å². The summed E-state index contributed by atoms with van der Waals surface area (Å²) < 4.78 is 117. The van der Waals surface area contributed by atoms with Crippen molar-refractivity contribution in [2.75, 3.05) is 33.9 Å². The minimum absolute atomic E-state index is 0.116. The maximum absolute atomic E-state index is 14.0. The molecule has 1 aromatic carbocycles. The molecule has 1 unspecified atom stereocenters. The molecule has 14 nitrogen and oxygen atoms in total. The molecule has 0 aliphatic carbocycles. The molecule has 0 spiro atoms. The normalized spacial score (nSPS) is 14.8. The van der Waals surface area contributed by atoms with E-state index in [9.17, 15) is 59.4 Å². The predicted octanol–water partition coefficient (Wildman–Crippen LogP) is 3.26. The van der Waals surface area contributed by atoms with E-state index in [0.717, 1.165) is 25.4 Å². The lowest BCUT2D eigenvalue weighted by atomic mass is 9.83. The van der Waals surface area contributed by atoms with Crippen molar-refractivity contribution in [2.24, 2.45) is 21.6 Å². The number of rotatable bonds is 17. The van der Waals surface area contributed by atoms with Gasteiger partial charge in [0.05, 0.1) is 37.7 Å². The largest absolute Gasteiger partial charge is 0.453 e. The van der Waals surface area contributed by atoms with E-state index in [4.69, 9.17) is 5.73 Å². The van der Waals surface area contributed by atoms with Gasteiger partial charge in [0.2, 0.25) is 5.91 Å². The fourth-order valence-electron chi connectivity index (χ4n) is 4.23. The molecule has 0 aliphatic rings. The Kier molecular flexibility index (Phi) is 16.9. The average molecular weight is 778 g/mol. The van der Waals surface area contributed by atoms with Crippen molar-refractivity contribution in [3.63, 3.8) is 0 Å². The Morgan fingerprint density at radius 2 is 1.34 bits per heavy atom. The Morgan fingerprint density at radius 1 is 0.868 bits per heavy atom. The summed E-state index contributed by atoms with van der Waals surface area (Å²) in [5.41, 5.74) is 3.24. The maximum Gasteiger partial charge on any atom is 0.407 e. The van der Waals surface area contributed by atoms with Crippen molar-refractivity contribution in [1.82, 2.24) is 26.4 Å². The molecule has 4 amide bonds. The summed E-state index contributed by atoms with van der Waals surface area (Å²) in [6, 6.07) is 1.28. The van der Waals surface area contributed by atoms with E-state index in [2.05, 4.69) is 25.2 Å². The second kappa shape index (κ2) is 19.4. The molecule has 7 N–H and O–H groups in total. The lowest BCUT2D eigenvalue weighted by Gasteiger charge is -2.37. The number of methoxy groups -OCH3 is 2. The van der Waals surface area contributed by atoms with Gasteiger partial charge in [0, 0.05) is 31.5 Å². The van der Waals surface area contributed by atoms with E-state index in [-0.39, 0.29) is 12.2 Å². The van der Waals surface area contributed by atoms with Crippen LogP contribution < -0.4 is 27.1 Å². The first-order valence-corrected chi connectivity index (χ1v) is 15.4. The number of alkyl halides is 8. The van der Waals surface area contributed by atoms with E-state index in [1.807, 2.05) is 5.32 Å². The minimum atomic E-state index is -5.04. The van der Waals surface area contributed by atoms with Crippen LogP contribution in [0.5, 0.6) is 0 Å². The Labute approximate surface area is 299 Å². The summed E-state index contributed by atoms with van der Waals surface area (Å²) in [6.45, 7) is -0.0189. The van der Waals surface area contributed by atoms with Crippen LogP contribution in [-0.4, -0.2) is 111 Å². The highest BCUT2D eigenvalue weighted by molar-refractivity contribution is 5.87. The molecule has 53 heavy (non-hydrogen) atoms. The highest BCUT2D eigenvalue weighted by Gasteiger charge is 2.57. The van der Waals surface area contributed by atoms with Crippen molar-refractivity contribution in [3.8, 4) is 0 Å². The quantitative estimate of drug-likeness (QED) is 0.0782. The van der Waals surface area contributed by atoms with Crippen LogP contribution in [0.25, 0.3) is 5.70 Å². The number of allylic oxidation sites excluding steroid dienone is 1. The third-order valence-electron chi connectivity index (χ3n) is 7.80. The molecular formula is C31H43F8N7O7. The minimum Gasteiger partial charge on any atom is -0.453 e. The van der Waals surface area contributed by atoms with Crippen molar-refractivity contribution in [2.45, 2.75) is 71.2 Å². The fraction of sp³-hybridized carbons (Fsp3) is 0.581. The van der Waals surface area contributed by atoms with Crippen molar-refractivity contribution in [1.29, 1.82) is 0 Å². The number of carbonyl (C=O) groups is 4. The third kappa shape index (κ3) is 14.0. The van der Waals surface area contributed by atoms with Gasteiger partial charge in [-0.2, -0.15) is 26.3 Å². The molecule has 22 heteroatoms. The summed E-state index contributed by atoms with van der Waals surface area (Å²) in [7, 11) is 1.71. The van der Waals surface area contributed by atoms with E-state index >= 15 is 0 Å². The number of nitrogens with two attached hydrogens (primary N) is 1. The SMILES string of the molecule is COC(=O)NC(C(=O)NC[C@@H](O)CN(Cc1ccc(C(N)=CC=NCC(F)F)cc1)NC(=O)[C@@H](NC(=O)OC)C(C)(C)C(F)(F)F)C(C)(C)C(F)(F)F. The summed E-state index contributed by atoms with van der Waals surface area (Å²) >= 11 is 0. The first-order valence-electron chi connectivity index (χ1n) is 15.4. The monoisotopic (exact) mass is 777 g/mol. The van der Waals surface area contributed by atoms with Gasteiger partial charge >= 0.3 is 24.5 Å². The number of aliphatic imine (C=N–C) groups is 1. The van der Waals surface area contributed by atoms with Crippen LogP contribution in [0.2, 0.25) is 0 Å². The molecule has 0 fully saturated rings. The van der Waals surface area contributed by atoms with Gasteiger partial charge in [-0.25, -0.2) is 23.4 Å². The third-order valence-corrected chi connectivity index (χ3v) is 7.80. The van der Waals surface area contributed by atoms with Gasteiger partial charge in [0.1, 0.15) is 12.1 Å². The maximum atomic E-state index is 14.0. The predicted molar refractivity (Wildman–Crippen MR) is 174 cm³/mol. The van der Waals surface area contributed by atoms with Crippen LogP contribution in [-0.2, 0) is 25.6 Å². The second-order valence-corrected chi connectivity index (χ2v) is 12.6. The smallest absolute Gasteiger partial charge is 0.407 e. The molecule has 0 radical (unpaired) electrons. The second-order valence-electron chi connectivity index (χ2n) is 12.6. The summed E-state index contributed by atoms with van der Waals surface area (Å²) in [5.74, 6) is -2.81. The van der Waals surface area contributed by atoms with Gasteiger partial charge in [0.25, 0.3) is 12.3 Å². The molecule has 0 heterocycles. The van der Waals surface area contributed by atoms with E-state index in [0.29, 0.717) is 38.8 Å². The molecule has 0 saturated heterocycles. The molecule has 0 aliphatic heterocycles. The Bertz CT molecular complexity index is 1450.